The zero-order valence-electron chi connectivity index (χ0n) is 12.2. The first-order chi connectivity index (χ1) is 10.7. The fourth-order valence-electron chi connectivity index (χ4n) is 3.06. The van der Waals surface area contributed by atoms with E-state index in [0.29, 0.717) is 22.5 Å². The molecule has 0 unspecified atom stereocenters. The summed E-state index contributed by atoms with van der Waals surface area (Å²) in [4.78, 5) is 4.59. The number of benzene rings is 1. The quantitative estimate of drug-likeness (QED) is 0.905. The minimum Gasteiger partial charge on any atom is -0.396 e. The van der Waals surface area contributed by atoms with Gasteiger partial charge in [0.2, 0.25) is 0 Å². The minimum absolute atomic E-state index is 0.278. The van der Waals surface area contributed by atoms with E-state index in [9.17, 15) is 10.4 Å². The highest BCUT2D eigenvalue weighted by molar-refractivity contribution is 6.31. The van der Waals surface area contributed by atoms with Crippen LogP contribution in [0.15, 0.2) is 24.3 Å². The Bertz CT molecular complexity index is 718. The number of aliphatic hydroxyl groups excluding tert-OH is 1. The standard InChI is InChI=1S/C17H18ClN3O/c18-13-3-6-16-15(8-13)12(9-19)7-17(21-16)20-14-4-1-11(10-22)2-5-14/h3,6-8,11,14,22H,1-2,4-5,10H2,(H,20,21). The molecule has 114 valence electrons. The Balaban J connectivity index is 1.83. The highest BCUT2D eigenvalue weighted by Crippen LogP contribution is 2.28. The fourth-order valence-corrected chi connectivity index (χ4v) is 3.24. The number of fused-ring (bicyclic) bond motifs is 1. The third-order valence-electron chi connectivity index (χ3n) is 4.35. The average Bonchev–Trinajstić information content (AvgIpc) is 2.55. The second-order valence-corrected chi connectivity index (χ2v) is 6.31. The number of aromatic nitrogens is 1. The van der Waals surface area contributed by atoms with E-state index in [1.807, 2.05) is 6.07 Å². The van der Waals surface area contributed by atoms with Crippen LogP contribution in [0.2, 0.25) is 5.02 Å². The summed E-state index contributed by atoms with van der Waals surface area (Å²) in [5.74, 6) is 1.17. The van der Waals surface area contributed by atoms with Crippen LogP contribution >= 0.6 is 11.6 Å². The molecule has 2 N–H and O–H groups in total. The number of halogens is 1. The number of hydrogen-bond donors (Lipinski definition) is 2. The molecule has 0 bridgehead atoms. The van der Waals surface area contributed by atoms with E-state index in [2.05, 4.69) is 16.4 Å². The van der Waals surface area contributed by atoms with Gasteiger partial charge >= 0.3 is 0 Å². The number of pyridine rings is 1. The van der Waals surface area contributed by atoms with Gasteiger partial charge in [-0.3, -0.25) is 0 Å². The number of hydrogen-bond acceptors (Lipinski definition) is 4. The van der Waals surface area contributed by atoms with Gasteiger partial charge in [0.1, 0.15) is 5.82 Å². The topological polar surface area (TPSA) is 68.9 Å². The van der Waals surface area contributed by atoms with Crippen LogP contribution in [0.3, 0.4) is 0 Å². The molecular weight excluding hydrogens is 298 g/mol. The molecule has 2 aromatic rings. The van der Waals surface area contributed by atoms with E-state index in [0.717, 1.165) is 42.4 Å². The number of nitriles is 1. The van der Waals surface area contributed by atoms with Gasteiger partial charge in [0, 0.05) is 23.1 Å². The van der Waals surface area contributed by atoms with Crippen molar-refractivity contribution in [3.8, 4) is 6.07 Å². The van der Waals surface area contributed by atoms with Crippen molar-refractivity contribution in [2.24, 2.45) is 5.92 Å². The van der Waals surface area contributed by atoms with E-state index in [-0.39, 0.29) is 6.61 Å². The summed E-state index contributed by atoms with van der Waals surface area (Å²) in [7, 11) is 0. The molecule has 0 saturated heterocycles. The van der Waals surface area contributed by atoms with Crippen LogP contribution in [0.4, 0.5) is 5.82 Å². The molecule has 1 aliphatic rings. The molecule has 3 rings (SSSR count). The van der Waals surface area contributed by atoms with Crippen molar-refractivity contribution in [2.45, 2.75) is 31.7 Å². The van der Waals surface area contributed by atoms with Crippen LogP contribution in [0.25, 0.3) is 10.9 Å². The summed E-state index contributed by atoms with van der Waals surface area (Å²) >= 11 is 6.00. The number of rotatable bonds is 3. The van der Waals surface area contributed by atoms with Gasteiger partial charge in [-0.2, -0.15) is 5.26 Å². The number of anilines is 1. The van der Waals surface area contributed by atoms with Crippen LogP contribution in [0.1, 0.15) is 31.2 Å². The molecule has 0 atom stereocenters. The van der Waals surface area contributed by atoms with Gasteiger partial charge in [0.05, 0.1) is 17.1 Å². The molecule has 1 aliphatic carbocycles. The third kappa shape index (κ3) is 3.16. The molecule has 0 radical (unpaired) electrons. The van der Waals surface area contributed by atoms with Crippen LogP contribution in [-0.2, 0) is 0 Å². The lowest BCUT2D eigenvalue weighted by Crippen LogP contribution is -2.27. The second-order valence-electron chi connectivity index (χ2n) is 5.87. The van der Waals surface area contributed by atoms with E-state index in [4.69, 9.17) is 11.6 Å². The number of nitrogens with one attached hydrogen (secondary N) is 1. The first-order valence-corrected chi connectivity index (χ1v) is 7.95. The van der Waals surface area contributed by atoms with Crippen molar-refractivity contribution < 1.29 is 5.11 Å². The molecule has 1 aromatic carbocycles. The smallest absolute Gasteiger partial charge is 0.128 e. The average molecular weight is 316 g/mol. The Kier molecular flexibility index (Phi) is 4.47. The normalized spacial score (nSPS) is 21.5. The lowest BCUT2D eigenvalue weighted by Gasteiger charge is -2.28. The van der Waals surface area contributed by atoms with Crippen LogP contribution in [0, 0.1) is 17.2 Å². The maximum Gasteiger partial charge on any atom is 0.128 e. The monoisotopic (exact) mass is 315 g/mol. The van der Waals surface area contributed by atoms with Crippen LogP contribution in [-0.4, -0.2) is 22.7 Å². The Labute approximate surface area is 134 Å². The van der Waals surface area contributed by atoms with Gasteiger partial charge < -0.3 is 10.4 Å². The van der Waals surface area contributed by atoms with Gasteiger partial charge in [0.15, 0.2) is 0 Å². The van der Waals surface area contributed by atoms with E-state index < -0.39 is 0 Å². The largest absolute Gasteiger partial charge is 0.396 e. The molecule has 0 aliphatic heterocycles. The van der Waals surface area contributed by atoms with Crippen LogP contribution < -0.4 is 5.32 Å². The van der Waals surface area contributed by atoms with E-state index >= 15 is 0 Å². The molecule has 1 aromatic heterocycles. The van der Waals surface area contributed by atoms with Gasteiger partial charge in [-0.1, -0.05) is 11.6 Å². The Morgan fingerprint density at radius 2 is 2.05 bits per heavy atom. The lowest BCUT2D eigenvalue weighted by molar-refractivity contribution is 0.185. The van der Waals surface area contributed by atoms with Crippen LogP contribution in [0.5, 0.6) is 0 Å². The molecule has 0 spiro atoms. The van der Waals surface area contributed by atoms with Crippen molar-refractivity contribution >= 4 is 28.3 Å². The SMILES string of the molecule is N#Cc1cc(NC2CCC(CO)CC2)nc2ccc(Cl)cc12. The zero-order valence-corrected chi connectivity index (χ0v) is 13.0. The summed E-state index contributed by atoms with van der Waals surface area (Å²) in [5.41, 5.74) is 1.36. The third-order valence-corrected chi connectivity index (χ3v) is 4.58. The molecule has 1 fully saturated rings. The Morgan fingerprint density at radius 1 is 1.27 bits per heavy atom. The molecule has 4 nitrogen and oxygen atoms in total. The molecule has 22 heavy (non-hydrogen) atoms. The Morgan fingerprint density at radius 3 is 2.73 bits per heavy atom. The van der Waals surface area contributed by atoms with Crippen molar-refractivity contribution in [1.29, 1.82) is 5.26 Å². The highest BCUT2D eigenvalue weighted by Gasteiger charge is 2.21. The van der Waals surface area contributed by atoms with Crippen molar-refractivity contribution in [3.05, 3.63) is 34.9 Å². The maximum absolute atomic E-state index is 9.35. The van der Waals surface area contributed by atoms with Crippen molar-refractivity contribution in [2.75, 3.05) is 11.9 Å². The summed E-state index contributed by atoms with van der Waals surface area (Å²) in [5, 5.41) is 23.4. The first kappa shape index (κ1) is 15.1. The summed E-state index contributed by atoms with van der Waals surface area (Å²) in [6.45, 7) is 0.278. The summed E-state index contributed by atoms with van der Waals surface area (Å²) in [6, 6.07) is 9.76. The van der Waals surface area contributed by atoms with E-state index in [1.165, 1.54) is 0 Å². The predicted octanol–water partition coefficient (Wildman–Crippen LogP) is 3.72. The lowest BCUT2D eigenvalue weighted by atomic mass is 9.86. The first-order valence-electron chi connectivity index (χ1n) is 7.57. The van der Waals surface area contributed by atoms with Gasteiger partial charge in [-0.25, -0.2) is 4.98 Å². The maximum atomic E-state index is 9.35. The van der Waals surface area contributed by atoms with Gasteiger partial charge in [0.25, 0.3) is 0 Å². The molecular formula is C17H18ClN3O. The minimum atomic E-state index is 0.278. The number of aliphatic hydroxyl groups is 1. The summed E-state index contributed by atoms with van der Waals surface area (Å²) < 4.78 is 0. The molecule has 1 saturated carbocycles. The Hall–Kier alpha value is -1.83. The highest BCUT2D eigenvalue weighted by atomic mass is 35.5. The van der Waals surface area contributed by atoms with Gasteiger partial charge in [-0.05, 0) is 55.9 Å². The van der Waals surface area contributed by atoms with E-state index in [1.54, 1.807) is 18.2 Å². The predicted molar refractivity (Wildman–Crippen MR) is 87.9 cm³/mol. The molecule has 0 amide bonds. The summed E-state index contributed by atoms with van der Waals surface area (Å²) in [6.07, 6.45) is 4.10. The van der Waals surface area contributed by atoms with Gasteiger partial charge in [-0.15, -0.1) is 0 Å². The van der Waals surface area contributed by atoms with Crippen molar-refractivity contribution in [1.82, 2.24) is 4.98 Å². The second kappa shape index (κ2) is 6.51. The molecule has 5 heteroatoms. The zero-order chi connectivity index (χ0) is 15.5. The fraction of sp³-hybridized carbons (Fsp3) is 0.412. The molecule has 1 heterocycles. The van der Waals surface area contributed by atoms with Crippen molar-refractivity contribution in [3.63, 3.8) is 0 Å². The number of nitrogens with zero attached hydrogens (tertiary/aromatic N) is 2.